The maximum atomic E-state index is 12.5. The van der Waals surface area contributed by atoms with Gasteiger partial charge >= 0.3 is 0 Å². The summed E-state index contributed by atoms with van der Waals surface area (Å²) in [5.74, 6) is 0.632. The molecule has 0 fully saturated rings. The number of likely N-dealkylation sites (N-methyl/N-ethyl adjacent to an activating group) is 1. The van der Waals surface area contributed by atoms with Crippen molar-refractivity contribution in [2.45, 2.75) is 18.8 Å². The molecular formula is C14H18ClN3O. The van der Waals surface area contributed by atoms with Gasteiger partial charge < -0.3 is 4.90 Å². The minimum atomic E-state index is -0.292. The van der Waals surface area contributed by atoms with Crippen molar-refractivity contribution in [1.82, 2.24) is 14.5 Å². The third-order valence-corrected chi connectivity index (χ3v) is 3.21. The molecule has 1 aromatic heterocycles. The predicted molar refractivity (Wildman–Crippen MR) is 78.8 cm³/mol. The number of aromatic nitrogens is 2. The zero-order chi connectivity index (χ0) is 14.0. The van der Waals surface area contributed by atoms with Gasteiger partial charge in [0.1, 0.15) is 5.82 Å². The summed E-state index contributed by atoms with van der Waals surface area (Å²) >= 11 is 6.16. The summed E-state index contributed by atoms with van der Waals surface area (Å²) in [6.07, 6.45) is 0. The first-order valence-corrected chi connectivity index (χ1v) is 6.72. The first-order chi connectivity index (χ1) is 9.00. The van der Waals surface area contributed by atoms with E-state index in [1.165, 1.54) is 0 Å². The van der Waals surface area contributed by atoms with E-state index in [2.05, 4.69) is 4.98 Å². The SMILES string of the molecule is CC(Cl)c1nc2ccccc2c(=O)n1CCN(C)C. The molecule has 0 amide bonds. The normalized spacial score (nSPS) is 13.1. The van der Waals surface area contributed by atoms with Crippen LogP contribution in [0.4, 0.5) is 0 Å². The Labute approximate surface area is 117 Å². The minimum absolute atomic E-state index is 0.0186. The topological polar surface area (TPSA) is 38.1 Å². The number of hydrogen-bond donors (Lipinski definition) is 0. The van der Waals surface area contributed by atoms with E-state index in [4.69, 9.17) is 11.6 Å². The Morgan fingerprint density at radius 2 is 2.05 bits per heavy atom. The monoisotopic (exact) mass is 279 g/mol. The number of nitrogens with zero attached hydrogens (tertiary/aromatic N) is 3. The van der Waals surface area contributed by atoms with Gasteiger partial charge in [-0.2, -0.15) is 0 Å². The molecule has 102 valence electrons. The Kier molecular flexibility index (Phi) is 4.22. The molecule has 0 bridgehead atoms. The Morgan fingerprint density at radius 3 is 2.68 bits per heavy atom. The molecule has 0 spiro atoms. The zero-order valence-corrected chi connectivity index (χ0v) is 12.2. The van der Waals surface area contributed by atoms with E-state index in [0.29, 0.717) is 23.3 Å². The van der Waals surface area contributed by atoms with Crippen LogP contribution >= 0.6 is 11.6 Å². The molecule has 1 heterocycles. The van der Waals surface area contributed by atoms with Crippen molar-refractivity contribution in [2.75, 3.05) is 20.6 Å². The van der Waals surface area contributed by atoms with Crippen molar-refractivity contribution in [3.05, 3.63) is 40.4 Å². The van der Waals surface area contributed by atoms with Gasteiger partial charge in [-0.15, -0.1) is 11.6 Å². The summed E-state index contributed by atoms with van der Waals surface area (Å²) in [6.45, 7) is 3.21. The van der Waals surface area contributed by atoms with Crippen LogP contribution in [0.5, 0.6) is 0 Å². The van der Waals surface area contributed by atoms with Crippen molar-refractivity contribution in [3.8, 4) is 0 Å². The van der Waals surface area contributed by atoms with Crippen molar-refractivity contribution in [1.29, 1.82) is 0 Å². The first-order valence-electron chi connectivity index (χ1n) is 6.29. The highest BCUT2D eigenvalue weighted by Crippen LogP contribution is 2.18. The molecule has 0 radical (unpaired) electrons. The van der Waals surface area contributed by atoms with Crippen LogP contribution in [0.15, 0.2) is 29.1 Å². The third-order valence-electron chi connectivity index (χ3n) is 3.02. The molecule has 0 aliphatic rings. The molecule has 0 N–H and O–H groups in total. The highest BCUT2D eigenvalue weighted by molar-refractivity contribution is 6.20. The Balaban J connectivity index is 2.61. The zero-order valence-electron chi connectivity index (χ0n) is 11.4. The summed E-state index contributed by atoms with van der Waals surface area (Å²) in [6, 6.07) is 7.38. The van der Waals surface area contributed by atoms with E-state index in [1.54, 1.807) is 10.6 Å². The molecule has 2 aromatic rings. The molecule has 2 rings (SSSR count). The smallest absolute Gasteiger partial charge is 0.261 e. The van der Waals surface area contributed by atoms with E-state index < -0.39 is 0 Å². The fourth-order valence-corrected chi connectivity index (χ4v) is 2.17. The lowest BCUT2D eigenvalue weighted by Crippen LogP contribution is -2.30. The standard InChI is InChI=1S/C14H18ClN3O/c1-10(15)13-16-12-7-5-4-6-11(12)14(19)18(13)9-8-17(2)3/h4-7,10H,8-9H2,1-3H3. The van der Waals surface area contributed by atoms with Crippen LogP contribution in [0.1, 0.15) is 18.1 Å². The fourth-order valence-electron chi connectivity index (χ4n) is 2.00. The maximum Gasteiger partial charge on any atom is 0.261 e. The largest absolute Gasteiger partial charge is 0.308 e. The van der Waals surface area contributed by atoms with Crippen LogP contribution in [0.2, 0.25) is 0 Å². The fraction of sp³-hybridized carbons (Fsp3) is 0.429. The molecule has 19 heavy (non-hydrogen) atoms. The lowest BCUT2D eigenvalue weighted by molar-refractivity contribution is 0.376. The number of para-hydroxylation sites is 1. The number of alkyl halides is 1. The average Bonchev–Trinajstić information content (AvgIpc) is 2.37. The van der Waals surface area contributed by atoms with Gasteiger partial charge in [-0.3, -0.25) is 9.36 Å². The number of benzene rings is 1. The Hall–Kier alpha value is -1.39. The number of halogens is 1. The van der Waals surface area contributed by atoms with Crippen LogP contribution in [-0.2, 0) is 6.54 Å². The predicted octanol–water partition coefficient (Wildman–Crippen LogP) is 2.26. The Morgan fingerprint density at radius 1 is 1.37 bits per heavy atom. The van der Waals surface area contributed by atoms with Gasteiger partial charge in [-0.25, -0.2) is 4.98 Å². The number of rotatable bonds is 4. The molecule has 1 atom stereocenters. The molecular weight excluding hydrogens is 262 g/mol. The van der Waals surface area contributed by atoms with Gasteiger partial charge in [-0.1, -0.05) is 12.1 Å². The highest BCUT2D eigenvalue weighted by Gasteiger charge is 2.14. The second kappa shape index (κ2) is 5.72. The quantitative estimate of drug-likeness (QED) is 0.806. The summed E-state index contributed by atoms with van der Waals surface area (Å²) in [7, 11) is 3.95. The second-order valence-corrected chi connectivity index (χ2v) is 5.52. The second-order valence-electron chi connectivity index (χ2n) is 4.86. The van der Waals surface area contributed by atoms with Crippen molar-refractivity contribution >= 4 is 22.5 Å². The van der Waals surface area contributed by atoms with Crippen LogP contribution < -0.4 is 5.56 Å². The van der Waals surface area contributed by atoms with Crippen molar-refractivity contribution < 1.29 is 0 Å². The van der Waals surface area contributed by atoms with E-state index in [-0.39, 0.29) is 10.9 Å². The Bertz CT molecular complexity index is 634. The molecule has 4 nitrogen and oxygen atoms in total. The van der Waals surface area contributed by atoms with Gasteiger partial charge in [0, 0.05) is 13.1 Å². The molecule has 0 saturated heterocycles. The van der Waals surface area contributed by atoms with Crippen LogP contribution in [0.25, 0.3) is 10.9 Å². The third kappa shape index (κ3) is 2.96. The van der Waals surface area contributed by atoms with Crippen LogP contribution in [-0.4, -0.2) is 35.1 Å². The van der Waals surface area contributed by atoms with Gasteiger partial charge in [0.25, 0.3) is 5.56 Å². The minimum Gasteiger partial charge on any atom is -0.308 e. The summed E-state index contributed by atoms with van der Waals surface area (Å²) in [5, 5.41) is 0.349. The molecule has 0 saturated carbocycles. The van der Waals surface area contributed by atoms with Crippen LogP contribution in [0.3, 0.4) is 0 Å². The first kappa shape index (κ1) is 14.0. The molecule has 0 aliphatic heterocycles. The summed E-state index contributed by atoms with van der Waals surface area (Å²) in [4.78, 5) is 19.1. The van der Waals surface area contributed by atoms with Crippen molar-refractivity contribution in [3.63, 3.8) is 0 Å². The van der Waals surface area contributed by atoms with Gasteiger partial charge in [0.05, 0.1) is 16.3 Å². The maximum absolute atomic E-state index is 12.5. The van der Waals surface area contributed by atoms with E-state index >= 15 is 0 Å². The summed E-state index contributed by atoms with van der Waals surface area (Å²) in [5.41, 5.74) is 0.686. The molecule has 5 heteroatoms. The summed E-state index contributed by atoms with van der Waals surface area (Å²) < 4.78 is 1.68. The van der Waals surface area contributed by atoms with Gasteiger partial charge in [0.15, 0.2) is 0 Å². The average molecular weight is 280 g/mol. The van der Waals surface area contributed by atoms with E-state index in [9.17, 15) is 4.79 Å². The van der Waals surface area contributed by atoms with E-state index in [1.807, 2.05) is 44.1 Å². The molecule has 1 aromatic carbocycles. The number of fused-ring (bicyclic) bond motifs is 1. The van der Waals surface area contributed by atoms with Crippen LogP contribution in [0, 0.1) is 0 Å². The lowest BCUT2D eigenvalue weighted by Gasteiger charge is -2.17. The van der Waals surface area contributed by atoms with Gasteiger partial charge in [-0.05, 0) is 33.2 Å². The van der Waals surface area contributed by atoms with Gasteiger partial charge in [0.2, 0.25) is 0 Å². The highest BCUT2D eigenvalue weighted by atomic mass is 35.5. The molecule has 0 aliphatic carbocycles. The lowest BCUT2D eigenvalue weighted by atomic mass is 10.2. The molecule has 1 unspecified atom stereocenters. The van der Waals surface area contributed by atoms with Crippen molar-refractivity contribution in [2.24, 2.45) is 0 Å². The van der Waals surface area contributed by atoms with E-state index in [0.717, 1.165) is 6.54 Å². The number of hydrogen-bond acceptors (Lipinski definition) is 3.